The van der Waals surface area contributed by atoms with Crippen LogP contribution in [0.4, 0.5) is 5.69 Å². The molecule has 3 aromatic heterocycles. The second-order valence-corrected chi connectivity index (χ2v) is 7.26. The lowest BCUT2D eigenvalue weighted by atomic mass is 10.1. The number of aryl methyl sites for hydroxylation is 2. The van der Waals surface area contributed by atoms with Crippen LogP contribution in [0.1, 0.15) is 34.6 Å². The quantitative estimate of drug-likeness (QED) is 0.613. The summed E-state index contributed by atoms with van der Waals surface area (Å²) in [6, 6.07) is 3.50. The number of amides is 2. The van der Waals surface area contributed by atoms with Crippen LogP contribution in [0.2, 0.25) is 5.02 Å². The van der Waals surface area contributed by atoms with E-state index < -0.39 is 11.8 Å². The van der Waals surface area contributed by atoms with Crippen molar-refractivity contribution in [2.75, 3.05) is 5.32 Å². The summed E-state index contributed by atoms with van der Waals surface area (Å²) in [5.74, 6) is -0.433. The van der Waals surface area contributed by atoms with Crippen LogP contribution in [-0.2, 0) is 24.9 Å². The van der Waals surface area contributed by atoms with Crippen molar-refractivity contribution in [2.45, 2.75) is 33.9 Å². The topological polar surface area (TPSA) is 107 Å². The van der Waals surface area contributed by atoms with Crippen LogP contribution in [0.3, 0.4) is 0 Å². The molecule has 2 N–H and O–H groups in total. The normalized spacial score (nSPS) is 12.0. The Bertz CT molecular complexity index is 1020. The first-order valence-corrected chi connectivity index (χ1v) is 9.48. The summed E-state index contributed by atoms with van der Waals surface area (Å²) in [5, 5.41) is 14.6. The number of nitrogens with zero attached hydrogens (tertiary/aromatic N) is 4. The predicted molar refractivity (Wildman–Crippen MR) is 108 cm³/mol. The van der Waals surface area contributed by atoms with Gasteiger partial charge in [0.2, 0.25) is 5.91 Å². The molecule has 0 aliphatic heterocycles. The molecule has 0 fully saturated rings. The Hall–Kier alpha value is -3.07. The molecule has 2 amide bonds. The van der Waals surface area contributed by atoms with E-state index in [-0.39, 0.29) is 18.1 Å². The molecular weight excluding hydrogens is 396 g/mol. The highest BCUT2D eigenvalue weighted by Gasteiger charge is 2.22. The van der Waals surface area contributed by atoms with E-state index >= 15 is 0 Å². The molecule has 0 saturated heterocycles. The molecule has 0 aromatic carbocycles. The van der Waals surface area contributed by atoms with Crippen molar-refractivity contribution in [1.29, 1.82) is 0 Å². The van der Waals surface area contributed by atoms with Gasteiger partial charge in [-0.3, -0.25) is 19.0 Å². The molecule has 0 aliphatic carbocycles. The first-order chi connectivity index (χ1) is 13.8. The maximum absolute atomic E-state index is 12.7. The zero-order chi connectivity index (χ0) is 21.1. The van der Waals surface area contributed by atoms with Crippen LogP contribution in [-0.4, -0.2) is 31.4 Å². The fourth-order valence-electron chi connectivity index (χ4n) is 2.86. The van der Waals surface area contributed by atoms with Crippen LogP contribution in [0, 0.1) is 19.8 Å². The van der Waals surface area contributed by atoms with Crippen molar-refractivity contribution in [1.82, 2.24) is 24.9 Å². The molecule has 10 heteroatoms. The fraction of sp³-hybridized carbons (Fsp3) is 0.368. The SMILES string of the molecule is Cc1nn(CC(C)C(=O)Nc2cn(C)nc2C(=O)NCc2ccco2)c(C)c1Cl. The Balaban J connectivity index is 1.66. The first-order valence-electron chi connectivity index (χ1n) is 9.10. The minimum Gasteiger partial charge on any atom is -0.467 e. The molecule has 9 nitrogen and oxygen atoms in total. The summed E-state index contributed by atoms with van der Waals surface area (Å²) in [6.45, 7) is 6.05. The zero-order valence-electron chi connectivity index (χ0n) is 16.7. The van der Waals surface area contributed by atoms with Gasteiger partial charge in [-0.15, -0.1) is 0 Å². The van der Waals surface area contributed by atoms with E-state index in [9.17, 15) is 9.59 Å². The van der Waals surface area contributed by atoms with Gasteiger partial charge in [-0.05, 0) is 26.0 Å². The van der Waals surface area contributed by atoms with E-state index in [0.29, 0.717) is 23.0 Å². The van der Waals surface area contributed by atoms with Crippen molar-refractivity contribution in [3.63, 3.8) is 0 Å². The van der Waals surface area contributed by atoms with Gasteiger partial charge in [0.05, 0.1) is 47.4 Å². The zero-order valence-corrected chi connectivity index (χ0v) is 17.4. The molecule has 0 bridgehead atoms. The highest BCUT2D eigenvalue weighted by molar-refractivity contribution is 6.31. The average molecular weight is 419 g/mol. The number of rotatable bonds is 7. The lowest BCUT2D eigenvalue weighted by Gasteiger charge is -2.13. The monoisotopic (exact) mass is 418 g/mol. The van der Waals surface area contributed by atoms with Gasteiger partial charge in [0, 0.05) is 13.2 Å². The number of aromatic nitrogens is 4. The summed E-state index contributed by atoms with van der Waals surface area (Å²) in [6.07, 6.45) is 3.12. The van der Waals surface area contributed by atoms with Crippen LogP contribution < -0.4 is 10.6 Å². The van der Waals surface area contributed by atoms with E-state index in [1.54, 1.807) is 37.0 Å². The molecule has 0 aliphatic rings. The predicted octanol–water partition coefficient (Wildman–Crippen LogP) is 2.68. The highest BCUT2D eigenvalue weighted by Crippen LogP contribution is 2.21. The van der Waals surface area contributed by atoms with Crippen molar-refractivity contribution < 1.29 is 14.0 Å². The maximum atomic E-state index is 12.7. The molecular formula is C19H23ClN6O3. The Kier molecular flexibility index (Phi) is 6.07. The third kappa shape index (κ3) is 4.68. The van der Waals surface area contributed by atoms with Crippen LogP contribution in [0.25, 0.3) is 0 Å². The molecule has 1 atom stereocenters. The average Bonchev–Trinajstić information content (AvgIpc) is 3.38. The van der Waals surface area contributed by atoms with Gasteiger partial charge < -0.3 is 15.1 Å². The molecule has 0 saturated carbocycles. The van der Waals surface area contributed by atoms with Crippen LogP contribution in [0.15, 0.2) is 29.0 Å². The summed E-state index contributed by atoms with van der Waals surface area (Å²) < 4.78 is 8.39. The Morgan fingerprint density at radius 3 is 2.69 bits per heavy atom. The molecule has 1 unspecified atom stereocenters. The van der Waals surface area contributed by atoms with Crippen molar-refractivity contribution in [3.8, 4) is 0 Å². The van der Waals surface area contributed by atoms with E-state index in [4.69, 9.17) is 16.0 Å². The lowest BCUT2D eigenvalue weighted by Crippen LogP contribution is -2.28. The number of hydrogen-bond donors (Lipinski definition) is 2. The van der Waals surface area contributed by atoms with Crippen molar-refractivity contribution >= 4 is 29.1 Å². The maximum Gasteiger partial charge on any atom is 0.274 e. The van der Waals surface area contributed by atoms with E-state index in [2.05, 4.69) is 20.8 Å². The van der Waals surface area contributed by atoms with E-state index in [1.165, 1.54) is 10.9 Å². The Morgan fingerprint density at radius 1 is 1.31 bits per heavy atom. The van der Waals surface area contributed by atoms with Gasteiger partial charge >= 0.3 is 0 Å². The van der Waals surface area contributed by atoms with Crippen molar-refractivity contribution in [3.05, 3.63) is 52.5 Å². The minimum absolute atomic E-state index is 0.133. The largest absolute Gasteiger partial charge is 0.467 e. The second kappa shape index (κ2) is 8.52. The molecule has 154 valence electrons. The van der Waals surface area contributed by atoms with Gasteiger partial charge in [0.1, 0.15) is 5.76 Å². The third-order valence-electron chi connectivity index (χ3n) is 4.49. The van der Waals surface area contributed by atoms with Gasteiger partial charge in [0.25, 0.3) is 5.91 Å². The fourth-order valence-corrected chi connectivity index (χ4v) is 3.00. The van der Waals surface area contributed by atoms with Gasteiger partial charge in [-0.25, -0.2) is 0 Å². The molecule has 3 heterocycles. The smallest absolute Gasteiger partial charge is 0.274 e. The molecule has 0 spiro atoms. The minimum atomic E-state index is -0.407. The van der Waals surface area contributed by atoms with E-state index in [1.807, 2.05) is 13.8 Å². The molecule has 3 aromatic rings. The number of carbonyl (C=O) groups excluding carboxylic acids is 2. The number of anilines is 1. The number of nitrogens with one attached hydrogen (secondary N) is 2. The first kappa shape index (κ1) is 20.7. The second-order valence-electron chi connectivity index (χ2n) is 6.88. The number of carbonyl (C=O) groups is 2. The lowest BCUT2D eigenvalue weighted by molar-refractivity contribution is -0.119. The molecule has 29 heavy (non-hydrogen) atoms. The molecule has 3 rings (SSSR count). The summed E-state index contributed by atoms with van der Waals surface area (Å²) in [5.41, 5.74) is 2.00. The van der Waals surface area contributed by atoms with Crippen molar-refractivity contribution in [2.24, 2.45) is 13.0 Å². The number of hydrogen-bond acceptors (Lipinski definition) is 5. The van der Waals surface area contributed by atoms with E-state index in [0.717, 1.165) is 11.4 Å². The van der Waals surface area contributed by atoms with Gasteiger partial charge in [0.15, 0.2) is 5.69 Å². The summed E-state index contributed by atoms with van der Waals surface area (Å²) in [7, 11) is 1.68. The van der Waals surface area contributed by atoms with Crippen LogP contribution >= 0.6 is 11.6 Å². The number of furan rings is 1. The Labute approximate surface area is 173 Å². The Morgan fingerprint density at radius 2 is 2.07 bits per heavy atom. The highest BCUT2D eigenvalue weighted by atomic mass is 35.5. The van der Waals surface area contributed by atoms with Crippen LogP contribution in [0.5, 0.6) is 0 Å². The number of halogens is 1. The standard InChI is InChI=1S/C19H23ClN6O3/c1-11(9-26-13(3)16(20)12(2)23-26)18(27)22-15-10-25(4)24-17(15)19(28)21-8-14-6-5-7-29-14/h5-7,10-11H,8-9H2,1-4H3,(H,21,28)(H,22,27). The van der Waals surface area contributed by atoms with Gasteiger partial charge in [-0.2, -0.15) is 10.2 Å². The van der Waals surface area contributed by atoms with Gasteiger partial charge in [-0.1, -0.05) is 18.5 Å². The summed E-state index contributed by atoms with van der Waals surface area (Å²) in [4.78, 5) is 25.2. The summed E-state index contributed by atoms with van der Waals surface area (Å²) >= 11 is 6.17. The third-order valence-corrected chi connectivity index (χ3v) is 5.04. The molecule has 0 radical (unpaired) electrons.